The highest BCUT2D eigenvalue weighted by molar-refractivity contribution is 5.79. The minimum absolute atomic E-state index is 0.570. The van der Waals surface area contributed by atoms with Crippen LogP contribution >= 0.6 is 0 Å². The van der Waals surface area contributed by atoms with Gasteiger partial charge in [0.1, 0.15) is 0 Å². The number of hydrazine groups is 1. The monoisotopic (exact) mass is 268 g/mol. The van der Waals surface area contributed by atoms with E-state index in [2.05, 4.69) is 29.6 Å². The van der Waals surface area contributed by atoms with Crippen LogP contribution in [0.15, 0.2) is 4.99 Å². The van der Waals surface area contributed by atoms with Crippen LogP contribution in [0.4, 0.5) is 0 Å². The first kappa shape index (κ1) is 16.3. The van der Waals surface area contributed by atoms with E-state index >= 15 is 0 Å². The van der Waals surface area contributed by atoms with Gasteiger partial charge < -0.3 is 5.32 Å². The Morgan fingerprint density at radius 2 is 1.84 bits per heavy atom. The highest BCUT2D eigenvalue weighted by Crippen LogP contribution is 2.17. The average Bonchev–Trinajstić information content (AvgIpc) is 2.88. The summed E-state index contributed by atoms with van der Waals surface area (Å²) in [6.07, 6.45) is 11.6. The van der Waals surface area contributed by atoms with Crippen LogP contribution in [0.3, 0.4) is 0 Å². The second kappa shape index (κ2) is 10.1. The third-order valence-electron chi connectivity index (χ3n) is 3.79. The Balaban J connectivity index is 2.04. The molecule has 0 aromatic rings. The van der Waals surface area contributed by atoms with Crippen molar-refractivity contribution >= 4 is 5.96 Å². The number of rotatable bonds is 8. The number of nitrogens with two attached hydrogens (primary N) is 1. The van der Waals surface area contributed by atoms with Crippen LogP contribution in [-0.2, 0) is 0 Å². The smallest absolute Gasteiger partial charge is 0.205 e. The minimum Gasteiger partial charge on any atom is -0.353 e. The van der Waals surface area contributed by atoms with Gasteiger partial charge in [-0.25, -0.2) is 5.84 Å². The highest BCUT2D eigenvalue weighted by atomic mass is 15.3. The maximum Gasteiger partial charge on any atom is 0.205 e. The Hall–Kier alpha value is -0.770. The minimum atomic E-state index is 0.570. The van der Waals surface area contributed by atoms with Crippen LogP contribution < -0.4 is 16.6 Å². The molecular formula is C15H32N4. The lowest BCUT2D eigenvalue weighted by Gasteiger charge is -2.14. The van der Waals surface area contributed by atoms with E-state index in [9.17, 15) is 0 Å². The van der Waals surface area contributed by atoms with Crippen LogP contribution in [0.25, 0.3) is 0 Å². The summed E-state index contributed by atoms with van der Waals surface area (Å²) in [5, 5.41) is 3.40. The van der Waals surface area contributed by atoms with Gasteiger partial charge in [0.05, 0.1) is 0 Å². The molecule has 0 aliphatic heterocycles. The van der Waals surface area contributed by atoms with Crippen molar-refractivity contribution in [3.05, 3.63) is 0 Å². The molecule has 1 fully saturated rings. The Labute approximate surface area is 118 Å². The number of hydrogen-bond donors (Lipinski definition) is 3. The number of hydrogen-bond acceptors (Lipinski definition) is 2. The van der Waals surface area contributed by atoms with E-state index < -0.39 is 0 Å². The number of aliphatic imine (C=N–C) groups is 1. The van der Waals surface area contributed by atoms with Gasteiger partial charge in [0, 0.05) is 12.6 Å². The van der Waals surface area contributed by atoms with Crippen LogP contribution in [0.1, 0.15) is 71.6 Å². The van der Waals surface area contributed by atoms with Crippen molar-refractivity contribution in [1.29, 1.82) is 0 Å². The predicted octanol–water partition coefficient (Wildman–Crippen LogP) is 2.94. The van der Waals surface area contributed by atoms with Gasteiger partial charge in [0.15, 0.2) is 0 Å². The molecule has 1 aliphatic carbocycles. The summed E-state index contributed by atoms with van der Waals surface area (Å²) in [6.45, 7) is 5.46. The van der Waals surface area contributed by atoms with Gasteiger partial charge in [-0.1, -0.05) is 52.4 Å². The zero-order chi connectivity index (χ0) is 13.9. The second-order valence-corrected chi connectivity index (χ2v) is 6.10. The first-order valence-electron chi connectivity index (χ1n) is 8.00. The number of nitrogens with one attached hydrogen (secondary N) is 2. The first-order chi connectivity index (χ1) is 9.22. The Morgan fingerprint density at radius 3 is 2.47 bits per heavy atom. The Morgan fingerprint density at radius 1 is 1.16 bits per heavy atom. The van der Waals surface area contributed by atoms with Crippen LogP contribution in [0.5, 0.6) is 0 Å². The van der Waals surface area contributed by atoms with E-state index in [4.69, 9.17) is 5.84 Å². The lowest BCUT2D eigenvalue weighted by Crippen LogP contribution is -2.45. The van der Waals surface area contributed by atoms with Crippen molar-refractivity contribution in [3.8, 4) is 0 Å². The summed E-state index contributed by atoms with van der Waals surface area (Å²) in [4.78, 5) is 4.51. The van der Waals surface area contributed by atoms with E-state index in [0.717, 1.165) is 24.8 Å². The molecule has 1 rings (SSSR count). The number of nitrogens with zero attached hydrogens (tertiary/aromatic N) is 1. The quantitative estimate of drug-likeness (QED) is 0.208. The molecule has 0 saturated heterocycles. The molecule has 0 unspecified atom stereocenters. The molecule has 1 saturated carbocycles. The van der Waals surface area contributed by atoms with Crippen LogP contribution in [0, 0.1) is 5.92 Å². The van der Waals surface area contributed by atoms with E-state index in [1.165, 1.54) is 51.4 Å². The normalized spacial score (nSPS) is 17.2. The van der Waals surface area contributed by atoms with Gasteiger partial charge in [0.25, 0.3) is 0 Å². The standard InChI is InChI=1S/C15H32N4/c1-13(2)9-5-3-4-8-12-17-15(19-16)18-14-10-6-7-11-14/h13-14H,3-12,16H2,1-2H3,(H2,17,18,19). The van der Waals surface area contributed by atoms with E-state index in [-0.39, 0.29) is 0 Å². The summed E-state index contributed by atoms with van der Waals surface area (Å²) >= 11 is 0. The van der Waals surface area contributed by atoms with Crippen molar-refractivity contribution < 1.29 is 0 Å². The van der Waals surface area contributed by atoms with Crippen molar-refractivity contribution in [1.82, 2.24) is 10.7 Å². The summed E-state index contributed by atoms with van der Waals surface area (Å²) in [5.74, 6) is 7.11. The van der Waals surface area contributed by atoms with Crippen LogP contribution in [0.2, 0.25) is 0 Å². The molecule has 4 heteroatoms. The van der Waals surface area contributed by atoms with Crippen molar-refractivity contribution in [3.63, 3.8) is 0 Å². The molecule has 0 heterocycles. The fraction of sp³-hybridized carbons (Fsp3) is 0.933. The lowest BCUT2D eigenvalue weighted by molar-refractivity contribution is 0.521. The SMILES string of the molecule is CC(C)CCCCCCN=C(NN)NC1CCCC1. The molecule has 0 aromatic heterocycles. The molecule has 4 nitrogen and oxygen atoms in total. The first-order valence-corrected chi connectivity index (χ1v) is 8.00. The zero-order valence-electron chi connectivity index (χ0n) is 12.8. The molecule has 0 radical (unpaired) electrons. The topological polar surface area (TPSA) is 62.4 Å². The van der Waals surface area contributed by atoms with Crippen LogP contribution in [-0.4, -0.2) is 18.5 Å². The average molecular weight is 268 g/mol. The zero-order valence-corrected chi connectivity index (χ0v) is 12.8. The second-order valence-electron chi connectivity index (χ2n) is 6.10. The van der Waals surface area contributed by atoms with Gasteiger partial charge in [-0.2, -0.15) is 0 Å². The fourth-order valence-corrected chi connectivity index (χ4v) is 2.61. The predicted molar refractivity (Wildman–Crippen MR) is 82.9 cm³/mol. The molecule has 0 atom stereocenters. The Bertz CT molecular complexity index is 245. The molecule has 0 spiro atoms. The summed E-state index contributed by atoms with van der Waals surface area (Å²) in [5.41, 5.74) is 2.68. The summed E-state index contributed by atoms with van der Waals surface area (Å²) in [7, 11) is 0. The van der Waals surface area contributed by atoms with Crippen molar-refractivity contribution in [2.45, 2.75) is 77.7 Å². The summed E-state index contributed by atoms with van der Waals surface area (Å²) < 4.78 is 0. The van der Waals surface area contributed by atoms with E-state index in [1.807, 2.05) is 0 Å². The van der Waals surface area contributed by atoms with Gasteiger partial charge in [-0.15, -0.1) is 0 Å². The third kappa shape index (κ3) is 8.09. The number of unbranched alkanes of at least 4 members (excludes halogenated alkanes) is 3. The fourth-order valence-electron chi connectivity index (χ4n) is 2.61. The lowest BCUT2D eigenvalue weighted by atomic mass is 10.0. The molecule has 0 bridgehead atoms. The summed E-state index contributed by atoms with van der Waals surface area (Å²) in [6, 6.07) is 0.570. The van der Waals surface area contributed by atoms with Crippen molar-refractivity contribution in [2.24, 2.45) is 16.8 Å². The van der Waals surface area contributed by atoms with E-state index in [1.54, 1.807) is 0 Å². The van der Waals surface area contributed by atoms with Gasteiger partial charge in [-0.05, 0) is 25.2 Å². The molecule has 0 aromatic carbocycles. The molecule has 19 heavy (non-hydrogen) atoms. The van der Waals surface area contributed by atoms with E-state index in [0.29, 0.717) is 6.04 Å². The largest absolute Gasteiger partial charge is 0.353 e. The molecule has 1 aliphatic rings. The van der Waals surface area contributed by atoms with Gasteiger partial charge in [-0.3, -0.25) is 10.4 Å². The molecule has 4 N–H and O–H groups in total. The van der Waals surface area contributed by atoms with Crippen molar-refractivity contribution in [2.75, 3.05) is 6.54 Å². The number of guanidine groups is 1. The third-order valence-corrected chi connectivity index (χ3v) is 3.79. The van der Waals surface area contributed by atoms with Gasteiger partial charge >= 0.3 is 0 Å². The van der Waals surface area contributed by atoms with Gasteiger partial charge in [0.2, 0.25) is 5.96 Å². The maximum absolute atomic E-state index is 5.50. The molecular weight excluding hydrogens is 236 g/mol. The maximum atomic E-state index is 5.50. The highest BCUT2D eigenvalue weighted by Gasteiger charge is 2.15. The molecule has 112 valence electrons. The Kier molecular flexibility index (Phi) is 8.63. The molecule has 0 amide bonds.